The fraction of sp³-hybridized carbons (Fsp3) is 0.650. The number of carbonyl (C=O) groups is 3. The average molecular weight is 393 g/mol. The lowest BCUT2D eigenvalue weighted by Crippen LogP contribution is -2.36. The molecule has 2 aliphatic rings. The van der Waals surface area contributed by atoms with Crippen molar-refractivity contribution in [1.29, 1.82) is 0 Å². The number of carboxylic acids is 1. The van der Waals surface area contributed by atoms with Gasteiger partial charge in [0.1, 0.15) is 5.00 Å². The summed E-state index contributed by atoms with van der Waals surface area (Å²) in [6, 6.07) is 0. The van der Waals surface area contributed by atoms with Crippen LogP contribution in [0.3, 0.4) is 0 Å². The average Bonchev–Trinajstić information content (AvgIpc) is 2.99. The van der Waals surface area contributed by atoms with Crippen molar-refractivity contribution in [3.63, 3.8) is 0 Å². The number of carboxylic acid groups (broad SMARTS) is 1. The van der Waals surface area contributed by atoms with Gasteiger partial charge in [0, 0.05) is 4.88 Å². The van der Waals surface area contributed by atoms with Gasteiger partial charge >= 0.3 is 5.97 Å². The van der Waals surface area contributed by atoms with Crippen molar-refractivity contribution in [2.45, 2.75) is 64.7 Å². The Morgan fingerprint density at radius 1 is 1.19 bits per heavy atom. The monoisotopic (exact) mass is 392 g/mol. The minimum Gasteiger partial charge on any atom is -0.481 e. The highest BCUT2D eigenvalue weighted by molar-refractivity contribution is 7.17. The first kappa shape index (κ1) is 19.9. The number of hydrogen-bond donors (Lipinski definition) is 3. The number of amides is 2. The first-order valence-electron chi connectivity index (χ1n) is 9.90. The largest absolute Gasteiger partial charge is 0.481 e. The van der Waals surface area contributed by atoms with Gasteiger partial charge in [-0.15, -0.1) is 11.3 Å². The Bertz CT molecular complexity index is 743. The van der Waals surface area contributed by atoms with Crippen LogP contribution in [0, 0.1) is 17.8 Å². The molecule has 0 radical (unpaired) electrons. The molecule has 3 rings (SSSR count). The summed E-state index contributed by atoms with van der Waals surface area (Å²) in [6.07, 6.45) is 7.84. The Balaban J connectivity index is 1.83. The van der Waals surface area contributed by atoms with E-state index in [0.29, 0.717) is 29.3 Å². The number of fused-ring (bicyclic) bond motifs is 1. The zero-order valence-corrected chi connectivity index (χ0v) is 16.6. The van der Waals surface area contributed by atoms with Crippen LogP contribution in [0.15, 0.2) is 0 Å². The predicted molar refractivity (Wildman–Crippen MR) is 105 cm³/mol. The number of aliphatic carboxylic acids is 1. The molecule has 1 aromatic rings. The molecule has 0 bridgehead atoms. The quantitative estimate of drug-likeness (QED) is 0.687. The van der Waals surface area contributed by atoms with E-state index in [4.69, 9.17) is 5.73 Å². The van der Waals surface area contributed by atoms with Gasteiger partial charge in [-0.1, -0.05) is 32.6 Å². The highest BCUT2D eigenvalue weighted by Crippen LogP contribution is 2.41. The van der Waals surface area contributed by atoms with Gasteiger partial charge in [0.15, 0.2) is 0 Å². The molecule has 1 saturated carbocycles. The topological polar surface area (TPSA) is 109 Å². The molecule has 3 unspecified atom stereocenters. The van der Waals surface area contributed by atoms with Crippen LogP contribution in [0.1, 0.15) is 72.7 Å². The van der Waals surface area contributed by atoms with E-state index in [1.807, 2.05) is 0 Å². The Hall–Kier alpha value is -1.89. The van der Waals surface area contributed by atoms with E-state index < -0.39 is 23.7 Å². The summed E-state index contributed by atoms with van der Waals surface area (Å²) < 4.78 is 0. The molecule has 148 valence electrons. The lowest BCUT2D eigenvalue weighted by atomic mass is 9.78. The molecule has 1 heterocycles. The van der Waals surface area contributed by atoms with E-state index in [1.54, 1.807) is 0 Å². The van der Waals surface area contributed by atoms with Crippen molar-refractivity contribution in [3.05, 3.63) is 16.0 Å². The normalized spacial score (nSPS) is 24.9. The van der Waals surface area contributed by atoms with E-state index >= 15 is 0 Å². The molecular weight excluding hydrogens is 364 g/mol. The van der Waals surface area contributed by atoms with Gasteiger partial charge in [-0.3, -0.25) is 14.4 Å². The highest BCUT2D eigenvalue weighted by Gasteiger charge is 2.37. The van der Waals surface area contributed by atoms with Crippen molar-refractivity contribution < 1.29 is 19.5 Å². The van der Waals surface area contributed by atoms with Crippen LogP contribution >= 0.6 is 11.3 Å². The van der Waals surface area contributed by atoms with E-state index in [9.17, 15) is 19.5 Å². The van der Waals surface area contributed by atoms with Gasteiger partial charge in [-0.2, -0.15) is 0 Å². The number of nitrogens with one attached hydrogen (secondary N) is 1. The van der Waals surface area contributed by atoms with Crippen molar-refractivity contribution in [3.8, 4) is 0 Å². The molecule has 0 spiro atoms. The molecule has 0 aromatic carbocycles. The molecule has 4 N–H and O–H groups in total. The highest BCUT2D eigenvalue weighted by atomic mass is 32.1. The Morgan fingerprint density at radius 3 is 2.52 bits per heavy atom. The lowest BCUT2D eigenvalue weighted by Gasteiger charge is -2.27. The molecule has 27 heavy (non-hydrogen) atoms. The second-order valence-electron chi connectivity index (χ2n) is 7.79. The van der Waals surface area contributed by atoms with Gasteiger partial charge in [-0.25, -0.2) is 0 Å². The standard InChI is InChI=1S/C20H28N2O4S/c1-2-5-11-8-9-14-15(10-11)27-19(16(14)17(21)23)22-18(24)12-6-3-4-7-13(12)20(25)26/h11-13H,2-10H2,1H3,(H2,21,23)(H,22,24)(H,25,26). The summed E-state index contributed by atoms with van der Waals surface area (Å²) in [5.74, 6) is -2.33. The zero-order valence-electron chi connectivity index (χ0n) is 15.8. The number of thiophene rings is 1. The summed E-state index contributed by atoms with van der Waals surface area (Å²) in [6.45, 7) is 2.17. The minimum absolute atomic E-state index is 0.298. The Labute approximate surface area is 163 Å². The van der Waals surface area contributed by atoms with Crippen molar-refractivity contribution in [1.82, 2.24) is 0 Å². The number of carbonyl (C=O) groups excluding carboxylic acids is 2. The van der Waals surface area contributed by atoms with E-state index in [-0.39, 0.29) is 5.91 Å². The number of primary amides is 1. The van der Waals surface area contributed by atoms with Gasteiger partial charge in [0.2, 0.25) is 5.91 Å². The van der Waals surface area contributed by atoms with Crippen LogP contribution < -0.4 is 11.1 Å². The SMILES string of the molecule is CCCC1CCc2c(sc(NC(=O)C3CCCCC3C(=O)O)c2C(N)=O)C1. The number of nitrogens with two attached hydrogens (primary N) is 1. The van der Waals surface area contributed by atoms with Gasteiger partial charge < -0.3 is 16.2 Å². The Morgan fingerprint density at radius 2 is 1.89 bits per heavy atom. The third-order valence-electron chi connectivity index (χ3n) is 5.97. The molecule has 2 amide bonds. The van der Waals surface area contributed by atoms with Crippen LogP contribution in [0.5, 0.6) is 0 Å². The summed E-state index contributed by atoms with van der Waals surface area (Å²) >= 11 is 1.44. The van der Waals surface area contributed by atoms with Crippen molar-refractivity contribution in [2.75, 3.05) is 5.32 Å². The summed E-state index contributed by atoms with van der Waals surface area (Å²) in [5.41, 5.74) is 7.04. The Kier molecular flexibility index (Phi) is 6.19. The predicted octanol–water partition coefficient (Wildman–Crippen LogP) is 3.58. The molecule has 3 atom stereocenters. The van der Waals surface area contributed by atoms with E-state index in [2.05, 4.69) is 12.2 Å². The van der Waals surface area contributed by atoms with Gasteiger partial charge in [-0.05, 0) is 43.6 Å². The summed E-state index contributed by atoms with van der Waals surface area (Å²) in [4.78, 5) is 37.5. The van der Waals surface area contributed by atoms with E-state index in [0.717, 1.165) is 55.4 Å². The number of hydrogen-bond acceptors (Lipinski definition) is 4. The first-order chi connectivity index (χ1) is 12.9. The maximum absolute atomic E-state index is 12.8. The van der Waals surface area contributed by atoms with Crippen molar-refractivity contribution in [2.24, 2.45) is 23.5 Å². The second-order valence-corrected chi connectivity index (χ2v) is 8.90. The van der Waals surface area contributed by atoms with Crippen LogP contribution in [0.2, 0.25) is 0 Å². The molecule has 1 fully saturated rings. The molecule has 1 aromatic heterocycles. The fourth-order valence-corrected chi connectivity index (χ4v) is 5.97. The summed E-state index contributed by atoms with van der Waals surface area (Å²) in [5, 5.41) is 12.8. The van der Waals surface area contributed by atoms with Crippen molar-refractivity contribution >= 4 is 34.1 Å². The third-order valence-corrected chi connectivity index (χ3v) is 7.14. The maximum atomic E-state index is 12.8. The molecule has 2 aliphatic carbocycles. The number of anilines is 1. The van der Waals surface area contributed by atoms with Crippen LogP contribution in [0.4, 0.5) is 5.00 Å². The summed E-state index contributed by atoms with van der Waals surface area (Å²) in [7, 11) is 0. The smallest absolute Gasteiger partial charge is 0.307 e. The molecular formula is C20H28N2O4S. The van der Waals surface area contributed by atoms with Gasteiger partial charge in [0.05, 0.1) is 17.4 Å². The van der Waals surface area contributed by atoms with Crippen LogP contribution in [-0.4, -0.2) is 22.9 Å². The molecule has 7 heteroatoms. The molecule has 6 nitrogen and oxygen atoms in total. The third kappa shape index (κ3) is 4.18. The second kappa shape index (κ2) is 8.42. The van der Waals surface area contributed by atoms with Gasteiger partial charge in [0.25, 0.3) is 5.91 Å². The lowest BCUT2D eigenvalue weighted by molar-refractivity contribution is -0.147. The van der Waals surface area contributed by atoms with Crippen LogP contribution in [0.25, 0.3) is 0 Å². The maximum Gasteiger partial charge on any atom is 0.307 e. The van der Waals surface area contributed by atoms with E-state index in [1.165, 1.54) is 11.3 Å². The molecule has 0 saturated heterocycles. The van der Waals surface area contributed by atoms with Crippen LogP contribution in [-0.2, 0) is 22.4 Å². The molecule has 0 aliphatic heterocycles. The zero-order chi connectivity index (χ0) is 19.6. The first-order valence-corrected chi connectivity index (χ1v) is 10.7. The minimum atomic E-state index is -0.919. The fourth-order valence-electron chi connectivity index (χ4n) is 4.60. The number of rotatable bonds is 6.